The van der Waals surface area contributed by atoms with E-state index in [4.69, 9.17) is 0 Å². The Labute approximate surface area is 86.6 Å². The molecule has 0 fully saturated rings. The second-order valence-electron chi connectivity index (χ2n) is 2.62. The molecule has 0 spiro atoms. The van der Waals surface area contributed by atoms with Crippen LogP contribution in [0.25, 0.3) is 0 Å². The predicted molar refractivity (Wildman–Crippen MR) is 55.8 cm³/mol. The molecule has 0 aliphatic rings. The Bertz CT molecular complexity index is 338. The number of hydrogen-bond acceptors (Lipinski definition) is 4. The molecule has 0 aliphatic carbocycles. The number of rotatable bonds is 3. The van der Waals surface area contributed by atoms with Crippen molar-refractivity contribution in [2.45, 2.75) is 10.8 Å². The quantitative estimate of drug-likeness (QED) is 0.716. The van der Waals surface area contributed by atoms with Gasteiger partial charge in [0.2, 0.25) is 0 Å². The number of thioether (sulfide) groups is 1. The van der Waals surface area contributed by atoms with Crippen LogP contribution in [0.5, 0.6) is 0 Å². The van der Waals surface area contributed by atoms with Crippen LogP contribution in [0.3, 0.4) is 0 Å². The van der Waals surface area contributed by atoms with Gasteiger partial charge in [-0.1, -0.05) is 17.8 Å². The van der Waals surface area contributed by atoms with Gasteiger partial charge in [-0.05, 0) is 18.2 Å². The van der Waals surface area contributed by atoms with Gasteiger partial charge >= 0.3 is 0 Å². The Hall–Kier alpha value is -1.42. The Balaban J connectivity index is 1.96. The summed E-state index contributed by atoms with van der Waals surface area (Å²) >= 11 is 1.64. The molecule has 0 bridgehead atoms. The second-order valence-corrected chi connectivity index (χ2v) is 3.62. The summed E-state index contributed by atoms with van der Waals surface area (Å²) in [5.74, 6) is 1.60. The molecular formula is C10H9N3S. The smallest absolute Gasteiger partial charge is 0.138 e. The maximum absolute atomic E-state index is 4.20. The zero-order valence-electron chi connectivity index (χ0n) is 7.50. The van der Waals surface area contributed by atoms with Gasteiger partial charge in [0.15, 0.2) is 0 Å². The Morgan fingerprint density at radius 2 is 1.71 bits per heavy atom. The van der Waals surface area contributed by atoms with Gasteiger partial charge in [0, 0.05) is 18.6 Å². The maximum Gasteiger partial charge on any atom is 0.138 e. The van der Waals surface area contributed by atoms with E-state index >= 15 is 0 Å². The van der Waals surface area contributed by atoms with Crippen LogP contribution in [0.4, 0.5) is 0 Å². The lowest BCUT2D eigenvalue weighted by molar-refractivity contribution is 1.03. The third kappa shape index (κ3) is 2.53. The lowest BCUT2D eigenvalue weighted by Crippen LogP contribution is -1.90. The maximum atomic E-state index is 4.20. The van der Waals surface area contributed by atoms with Crippen LogP contribution in [0.2, 0.25) is 0 Å². The molecule has 14 heavy (non-hydrogen) atoms. The van der Waals surface area contributed by atoms with Crippen molar-refractivity contribution in [3.63, 3.8) is 0 Å². The standard InChI is InChI=1S/C10H9N3S/c1-2-5-13-10(4-1)14-8-9-11-6-3-7-12-9/h1-7H,8H2. The molecule has 0 atom stereocenters. The van der Waals surface area contributed by atoms with E-state index in [0.717, 1.165) is 16.6 Å². The molecule has 2 heterocycles. The fourth-order valence-corrected chi connectivity index (χ4v) is 1.71. The average molecular weight is 203 g/mol. The van der Waals surface area contributed by atoms with Crippen molar-refractivity contribution >= 4 is 11.8 Å². The Kier molecular flexibility index (Phi) is 3.08. The first-order valence-corrected chi connectivity index (χ1v) is 5.23. The number of aromatic nitrogens is 3. The largest absolute Gasteiger partial charge is 0.250 e. The van der Waals surface area contributed by atoms with E-state index in [-0.39, 0.29) is 0 Å². The lowest BCUT2D eigenvalue weighted by atomic mass is 10.5. The summed E-state index contributed by atoms with van der Waals surface area (Å²) in [7, 11) is 0. The van der Waals surface area contributed by atoms with Crippen molar-refractivity contribution in [2.75, 3.05) is 0 Å². The molecule has 0 N–H and O–H groups in total. The topological polar surface area (TPSA) is 38.7 Å². The number of hydrogen-bond donors (Lipinski definition) is 0. The first kappa shape index (κ1) is 9.15. The van der Waals surface area contributed by atoms with Gasteiger partial charge in [-0.2, -0.15) is 0 Å². The van der Waals surface area contributed by atoms with Gasteiger partial charge in [0.05, 0.1) is 10.8 Å². The minimum absolute atomic E-state index is 0.762. The summed E-state index contributed by atoms with van der Waals surface area (Å²) in [6.07, 6.45) is 5.29. The zero-order chi connectivity index (χ0) is 9.64. The van der Waals surface area contributed by atoms with Crippen molar-refractivity contribution in [3.8, 4) is 0 Å². The summed E-state index contributed by atoms with van der Waals surface area (Å²) in [5.41, 5.74) is 0. The summed E-state index contributed by atoms with van der Waals surface area (Å²) in [6.45, 7) is 0. The van der Waals surface area contributed by atoms with Crippen molar-refractivity contribution in [3.05, 3.63) is 48.7 Å². The molecule has 0 radical (unpaired) electrons. The molecule has 0 amide bonds. The molecule has 4 heteroatoms. The minimum atomic E-state index is 0.762. The molecule has 2 rings (SSSR count). The van der Waals surface area contributed by atoms with Gasteiger partial charge in [-0.15, -0.1) is 0 Å². The van der Waals surface area contributed by atoms with Crippen LogP contribution in [0.15, 0.2) is 47.9 Å². The van der Waals surface area contributed by atoms with Crippen molar-refractivity contribution < 1.29 is 0 Å². The summed E-state index contributed by atoms with van der Waals surface area (Å²) in [6, 6.07) is 7.67. The highest BCUT2D eigenvalue weighted by atomic mass is 32.2. The fraction of sp³-hybridized carbons (Fsp3) is 0.100. The van der Waals surface area contributed by atoms with Crippen LogP contribution in [-0.2, 0) is 5.75 Å². The number of nitrogens with zero attached hydrogens (tertiary/aromatic N) is 3. The summed E-state index contributed by atoms with van der Waals surface area (Å²) < 4.78 is 0. The van der Waals surface area contributed by atoms with Crippen LogP contribution >= 0.6 is 11.8 Å². The lowest BCUT2D eigenvalue weighted by Gasteiger charge is -1.98. The third-order valence-electron chi connectivity index (χ3n) is 1.61. The van der Waals surface area contributed by atoms with Crippen LogP contribution in [0.1, 0.15) is 5.82 Å². The van der Waals surface area contributed by atoms with Crippen molar-refractivity contribution in [1.29, 1.82) is 0 Å². The monoisotopic (exact) mass is 203 g/mol. The second kappa shape index (κ2) is 4.72. The van der Waals surface area contributed by atoms with E-state index in [0.29, 0.717) is 0 Å². The van der Waals surface area contributed by atoms with Crippen LogP contribution in [-0.4, -0.2) is 15.0 Å². The van der Waals surface area contributed by atoms with E-state index in [1.807, 2.05) is 24.3 Å². The van der Waals surface area contributed by atoms with Gasteiger partial charge in [0.25, 0.3) is 0 Å². The van der Waals surface area contributed by atoms with E-state index in [2.05, 4.69) is 15.0 Å². The SMILES string of the molecule is c1ccc(SCc2ncccn2)nc1. The zero-order valence-corrected chi connectivity index (χ0v) is 8.31. The predicted octanol–water partition coefficient (Wildman–Crippen LogP) is 2.16. The molecular weight excluding hydrogens is 194 g/mol. The molecule has 0 aromatic carbocycles. The first-order valence-electron chi connectivity index (χ1n) is 4.25. The highest BCUT2D eigenvalue weighted by Gasteiger charge is 1.97. The number of pyridine rings is 1. The van der Waals surface area contributed by atoms with Crippen molar-refractivity contribution in [1.82, 2.24) is 15.0 Å². The molecule has 0 unspecified atom stereocenters. The fourth-order valence-electron chi connectivity index (χ4n) is 0.975. The average Bonchev–Trinajstić information content (AvgIpc) is 2.29. The molecule has 0 aliphatic heterocycles. The van der Waals surface area contributed by atoms with Gasteiger partial charge in [-0.25, -0.2) is 15.0 Å². The minimum Gasteiger partial charge on any atom is -0.250 e. The van der Waals surface area contributed by atoms with Gasteiger partial charge in [0.1, 0.15) is 5.82 Å². The van der Waals surface area contributed by atoms with E-state index in [1.165, 1.54) is 0 Å². The normalized spacial score (nSPS) is 10.0. The molecule has 0 saturated carbocycles. The van der Waals surface area contributed by atoms with Crippen molar-refractivity contribution in [2.24, 2.45) is 0 Å². The Morgan fingerprint density at radius 1 is 0.929 bits per heavy atom. The van der Waals surface area contributed by atoms with Crippen LogP contribution < -0.4 is 0 Å². The third-order valence-corrected chi connectivity index (χ3v) is 2.55. The van der Waals surface area contributed by atoms with E-state index in [9.17, 15) is 0 Å². The highest BCUT2D eigenvalue weighted by Crippen LogP contribution is 2.17. The van der Waals surface area contributed by atoms with Gasteiger partial charge < -0.3 is 0 Å². The Morgan fingerprint density at radius 3 is 2.43 bits per heavy atom. The van der Waals surface area contributed by atoms with E-state index < -0.39 is 0 Å². The first-order chi connectivity index (χ1) is 6.95. The van der Waals surface area contributed by atoms with Crippen LogP contribution in [0, 0.1) is 0 Å². The molecule has 70 valence electrons. The molecule has 0 saturated heterocycles. The summed E-state index contributed by atoms with van der Waals surface area (Å²) in [5, 5.41) is 1.000. The molecule has 3 nitrogen and oxygen atoms in total. The van der Waals surface area contributed by atoms with Gasteiger partial charge in [-0.3, -0.25) is 0 Å². The molecule has 2 aromatic rings. The highest BCUT2D eigenvalue weighted by molar-refractivity contribution is 7.98. The summed E-state index contributed by atoms with van der Waals surface area (Å²) in [4.78, 5) is 12.5. The van der Waals surface area contributed by atoms with E-state index in [1.54, 1.807) is 30.4 Å². The molecule has 2 aromatic heterocycles.